The van der Waals surface area contributed by atoms with E-state index in [0.29, 0.717) is 6.54 Å². The summed E-state index contributed by atoms with van der Waals surface area (Å²) in [6.45, 7) is 22.0. The zero-order valence-corrected chi connectivity index (χ0v) is 52.7. The van der Waals surface area contributed by atoms with Crippen molar-refractivity contribution in [3.8, 4) is 22.3 Å². The van der Waals surface area contributed by atoms with Gasteiger partial charge in [-0.15, -0.1) is 0 Å². The maximum Gasteiger partial charge on any atom is 0.0595 e. The second-order valence-electron chi connectivity index (χ2n) is 24.1. The Labute approximate surface area is 528 Å². The van der Waals surface area contributed by atoms with E-state index in [-0.39, 0.29) is 11.5 Å². The van der Waals surface area contributed by atoms with E-state index in [0.717, 1.165) is 40.6 Å². The average Bonchev–Trinajstić information content (AvgIpc) is 1.99. The second kappa shape index (κ2) is 25.4. The molecule has 89 heavy (non-hydrogen) atoms. The first kappa shape index (κ1) is 59.3. The molecule has 0 radical (unpaired) electrons. The summed E-state index contributed by atoms with van der Waals surface area (Å²) in [4.78, 5) is 4.79. The van der Waals surface area contributed by atoms with Crippen LogP contribution in [0.2, 0.25) is 0 Å². The highest BCUT2D eigenvalue weighted by atomic mass is 15.2. The fourth-order valence-electron chi connectivity index (χ4n) is 13.9. The Morgan fingerprint density at radius 1 is 0.562 bits per heavy atom. The third-order valence-electron chi connectivity index (χ3n) is 18.3. The zero-order valence-electron chi connectivity index (χ0n) is 52.7. The Hall–Kier alpha value is -10.0. The number of hydrogen-bond donors (Lipinski definition) is 2. The summed E-state index contributed by atoms with van der Waals surface area (Å²) in [6, 6.07) is 77.5. The third kappa shape index (κ3) is 11.3. The van der Waals surface area contributed by atoms with Crippen molar-refractivity contribution in [3.63, 3.8) is 0 Å². The second-order valence-corrected chi connectivity index (χ2v) is 24.1. The Bertz CT molecular complexity index is 4470. The quantitative estimate of drug-likeness (QED) is 0.120. The van der Waals surface area contributed by atoms with Gasteiger partial charge in [-0.1, -0.05) is 228 Å². The van der Waals surface area contributed by atoms with E-state index in [4.69, 9.17) is 5.73 Å². The van der Waals surface area contributed by atoms with Crippen LogP contribution in [0.15, 0.2) is 297 Å². The molecule has 0 saturated carbocycles. The number of anilines is 6. The molecule has 0 fully saturated rings. The van der Waals surface area contributed by atoms with E-state index in [2.05, 4.69) is 336 Å². The number of benzene rings is 10. The Morgan fingerprint density at radius 3 is 1.91 bits per heavy atom. The number of nitrogens with zero attached hydrogens (tertiary/aromatic N) is 2. The van der Waals surface area contributed by atoms with E-state index < -0.39 is 5.41 Å². The van der Waals surface area contributed by atoms with E-state index >= 15 is 0 Å². The van der Waals surface area contributed by atoms with Gasteiger partial charge in [-0.2, -0.15) is 0 Å². The largest absolute Gasteiger partial charge is 0.359 e. The molecule has 3 N–H and O–H groups in total. The highest BCUT2D eigenvalue weighted by Crippen LogP contribution is 2.53. The first-order chi connectivity index (χ1) is 43.4. The molecule has 3 aliphatic carbocycles. The number of nitrogens with one attached hydrogen (secondary N) is 1. The molecule has 10 aromatic rings. The smallest absolute Gasteiger partial charge is 0.0595 e. The lowest BCUT2D eigenvalue weighted by molar-refractivity contribution is 0.655. The lowest BCUT2D eigenvalue weighted by Gasteiger charge is -2.35. The van der Waals surface area contributed by atoms with Gasteiger partial charge in [0.2, 0.25) is 0 Å². The topological polar surface area (TPSA) is 44.5 Å². The molecule has 0 saturated heterocycles. The summed E-state index contributed by atoms with van der Waals surface area (Å²) in [5.41, 5.74) is 31.4. The summed E-state index contributed by atoms with van der Waals surface area (Å²) < 4.78 is 0. The highest BCUT2D eigenvalue weighted by molar-refractivity contribution is 6.02. The van der Waals surface area contributed by atoms with Gasteiger partial charge < -0.3 is 20.9 Å². The number of nitrogens with two attached hydrogens (primary N) is 1. The number of para-hydroxylation sites is 2. The predicted molar refractivity (Wildman–Crippen MR) is 385 cm³/mol. The van der Waals surface area contributed by atoms with Gasteiger partial charge in [0.1, 0.15) is 0 Å². The molecular weight excluding hydrogens is 1080 g/mol. The molecule has 1 atom stereocenters. The van der Waals surface area contributed by atoms with Crippen LogP contribution >= 0.6 is 0 Å². The molecule has 4 heteroatoms. The van der Waals surface area contributed by atoms with Gasteiger partial charge in [-0.25, -0.2) is 0 Å². The van der Waals surface area contributed by atoms with Crippen molar-refractivity contribution in [2.24, 2.45) is 5.73 Å². The number of allylic oxidation sites excluding steroid dienone is 14. The summed E-state index contributed by atoms with van der Waals surface area (Å²) >= 11 is 0. The van der Waals surface area contributed by atoms with E-state index in [1.807, 2.05) is 19.9 Å². The standard InChI is InChI=1S/C64H55N3.C19H19N.C2H6/c1-6-7-19-45(3)66(53-35-37-60-57(42-53)55-28-18-29-59(55)63(60,4)5)51-33-31-46(32-34-51)58-36-30-44(2)65-62-43-56-48(41-61(62)64(58)38-14-15-39-64)21-17-27-54(56)47-20-16-26-52(40-47)67(49-22-10-8-11-23-49)50-24-12-9-13-25-50;1-13-6-5-9-17(19(13)12-20)18-11-16-8-4-3-7-15(16)10-14(18)2;1-2/h6-27,29-43,45,65H,1,28H2,2-5H3;3-11H,12,20H2,1-2H3;1-2H3/b19-7-,44-30+,58-36-;;. The highest BCUT2D eigenvalue weighted by Gasteiger charge is 2.39. The van der Waals surface area contributed by atoms with Crippen LogP contribution in [0.1, 0.15) is 86.9 Å². The van der Waals surface area contributed by atoms with E-state index in [1.165, 1.54) is 105 Å². The molecule has 10 aromatic carbocycles. The van der Waals surface area contributed by atoms with Crippen molar-refractivity contribution in [1.29, 1.82) is 0 Å². The molecule has 0 bridgehead atoms. The van der Waals surface area contributed by atoms with Gasteiger partial charge in [0.25, 0.3) is 0 Å². The first-order valence-electron chi connectivity index (χ1n) is 31.6. The van der Waals surface area contributed by atoms with E-state index in [1.54, 1.807) is 0 Å². The van der Waals surface area contributed by atoms with Crippen molar-refractivity contribution in [3.05, 3.63) is 336 Å². The van der Waals surface area contributed by atoms with Crippen molar-refractivity contribution in [2.45, 2.75) is 85.2 Å². The van der Waals surface area contributed by atoms with Crippen LogP contribution in [0.4, 0.5) is 34.1 Å². The average molecular weight is 1160 g/mol. The molecule has 1 unspecified atom stereocenters. The Morgan fingerprint density at radius 2 is 1.20 bits per heavy atom. The molecule has 4 nitrogen and oxygen atoms in total. The molecule has 4 aliphatic rings. The summed E-state index contributed by atoms with van der Waals surface area (Å²) in [7, 11) is 0. The monoisotopic (exact) mass is 1160 g/mol. The van der Waals surface area contributed by atoms with Gasteiger partial charge in [0, 0.05) is 57.8 Å². The van der Waals surface area contributed by atoms with Crippen molar-refractivity contribution < 1.29 is 0 Å². The fourth-order valence-corrected chi connectivity index (χ4v) is 13.9. The van der Waals surface area contributed by atoms with Crippen molar-refractivity contribution in [2.75, 3.05) is 15.1 Å². The normalized spacial score (nSPS) is 16.1. The predicted octanol–water partition coefficient (Wildman–Crippen LogP) is 22.6. The van der Waals surface area contributed by atoms with Crippen molar-refractivity contribution in [1.82, 2.24) is 0 Å². The Balaban J connectivity index is 0.000000295. The van der Waals surface area contributed by atoms with Crippen LogP contribution in [0.25, 0.3) is 54.9 Å². The SMILES string of the molecule is C=C/C=C\C(C)N(c1ccc(/C2=C/C=C(\C)Nc3cc4c(-c5cccc(N(c6ccccc6)c6ccccc6)c5)cccc4cc3C23C=CC=C3)cc1)c1ccc2c(c1)C1=C(C=CC1)C2(C)C.CC.Cc1cc2ccccc2cc1-c1cccc(C)c1CN. The summed E-state index contributed by atoms with van der Waals surface area (Å²) in [6.07, 6.45) is 25.5. The van der Waals surface area contributed by atoms with Gasteiger partial charge >= 0.3 is 0 Å². The Kier molecular flexibility index (Phi) is 16.9. The molecule has 14 rings (SSSR count). The lowest BCUT2D eigenvalue weighted by Crippen LogP contribution is -2.27. The molecule has 0 amide bonds. The number of aryl methyl sites for hydroxylation is 2. The van der Waals surface area contributed by atoms with Crippen LogP contribution in [0, 0.1) is 13.8 Å². The van der Waals surface area contributed by atoms with Crippen molar-refractivity contribution >= 4 is 66.8 Å². The van der Waals surface area contributed by atoms with Crippen LogP contribution in [0.3, 0.4) is 0 Å². The molecule has 1 heterocycles. The number of hydrogen-bond acceptors (Lipinski definition) is 4. The minimum absolute atomic E-state index is 0.0108. The zero-order chi connectivity index (χ0) is 61.8. The maximum absolute atomic E-state index is 5.95. The van der Waals surface area contributed by atoms with Gasteiger partial charge in [0.15, 0.2) is 0 Å². The van der Waals surface area contributed by atoms with Gasteiger partial charge in [-0.3, -0.25) is 0 Å². The number of rotatable bonds is 12. The molecule has 1 spiro atoms. The van der Waals surface area contributed by atoms with Crippen LogP contribution < -0.4 is 20.9 Å². The minimum Gasteiger partial charge on any atom is -0.359 e. The first-order valence-corrected chi connectivity index (χ1v) is 31.6. The molecule has 0 aromatic heterocycles. The maximum atomic E-state index is 5.95. The molecule has 1 aliphatic heterocycles. The van der Waals surface area contributed by atoms with Crippen LogP contribution in [0.5, 0.6) is 0 Å². The van der Waals surface area contributed by atoms with Crippen LogP contribution in [-0.4, -0.2) is 6.04 Å². The fraction of sp³-hybridized carbons (Fsp3) is 0.153. The van der Waals surface area contributed by atoms with Gasteiger partial charge in [0.05, 0.1) is 5.41 Å². The minimum atomic E-state index is -0.496. The number of fused-ring (bicyclic) bond motifs is 6. The summed E-state index contributed by atoms with van der Waals surface area (Å²) in [5.74, 6) is 0. The third-order valence-corrected chi connectivity index (χ3v) is 18.3. The van der Waals surface area contributed by atoms with Gasteiger partial charge in [-0.05, 0) is 219 Å². The molecular formula is C85H80N4. The van der Waals surface area contributed by atoms with E-state index in [9.17, 15) is 0 Å². The molecule has 440 valence electrons. The lowest BCUT2D eigenvalue weighted by atomic mass is 9.70. The van der Waals surface area contributed by atoms with Crippen LogP contribution in [-0.2, 0) is 17.4 Å². The summed E-state index contributed by atoms with van der Waals surface area (Å²) in [5, 5.41) is 8.81.